The molecule has 0 aliphatic carbocycles. The molecule has 15 heavy (non-hydrogen) atoms. The van der Waals surface area contributed by atoms with Crippen molar-refractivity contribution in [2.45, 2.75) is 26.9 Å². The number of hydrogen-bond acceptors (Lipinski definition) is 2. The van der Waals surface area contributed by atoms with E-state index in [-0.39, 0.29) is 6.10 Å². The molecule has 0 bridgehead atoms. The van der Waals surface area contributed by atoms with Gasteiger partial charge in [0.15, 0.2) is 11.5 Å². The van der Waals surface area contributed by atoms with Gasteiger partial charge in [-0.15, -0.1) is 0 Å². The molecule has 0 aliphatic heterocycles. The fourth-order valence-corrected chi connectivity index (χ4v) is 1.33. The van der Waals surface area contributed by atoms with Gasteiger partial charge < -0.3 is 9.47 Å². The zero-order valence-electron chi connectivity index (χ0n) is 9.78. The Morgan fingerprint density at radius 2 is 1.93 bits per heavy atom. The highest BCUT2D eigenvalue weighted by Gasteiger charge is 2.05. The van der Waals surface area contributed by atoms with E-state index < -0.39 is 0 Å². The number of hydrogen-bond donors (Lipinski definition) is 0. The summed E-state index contributed by atoms with van der Waals surface area (Å²) >= 11 is 0. The number of benzene rings is 1. The molecular formula is C13H18O2. The summed E-state index contributed by atoms with van der Waals surface area (Å²) in [5, 5.41) is 0. The summed E-state index contributed by atoms with van der Waals surface area (Å²) in [5.41, 5.74) is 1.12. The minimum Gasteiger partial charge on any atom is -0.493 e. The Morgan fingerprint density at radius 3 is 2.47 bits per heavy atom. The maximum Gasteiger partial charge on any atom is 0.161 e. The van der Waals surface area contributed by atoms with Gasteiger partial charge in [0.2, 0.25) is 0 Å². The van der Waals surface area contributed by atoms with Gasteiger partial charge in [0.25, 0.3) is 0 Å². The molecule has 1 aromatic carbocycles. The lowest BCUT2D eigenvalue weighted by Crippen LogP contribution is -2.06. The van der Waals surface area contributed by atoms with Crippen molar-refractivity contribution in [3.8, 4) is 11.5 Å². The van der Waals surface area contributed by atoms with Gasteiger partial charge in [-0.25, -0.2) is 0 Å². The Kier molecular flexibility index (Phi) is 4.22. The molecule has 0 saturated heterocycles. The Morgan fingerprint density at radius 1 is 1.20 bits per heavy atom. The quantitative estimate of drug-likeness (QED) is 0.750. The molecule has 0 unspecified atom stereocenters. The maximum absolute atomic E-state index is 5.62. The van der Waals surface area contributed by atoms with E-state index >= 15 is 0 Å². The normalized spacial score (nSPS) is 11.0. The summed E-state index contributed by atoms with van der Waals surface area (Å²) in [6.07, 6.45) is 4.19. The third kappa shape index (κ3) is 3.31. The van der Waals surface area contributed by atoms with Crippen LogP contribution in [-0.4, -0.2) is 13.2 Å². The van der Waals surface area contributed by atoms with Gasteiger partial charge in [-0.05, 0) is 38.5 Å². The Balaban J connectivity index is 2.98. The van der Waals surface area contributed by atoms with Gasteiger partial charge in [0.05, 0.1) is 13.2 Å². The van der Waals surface area contributed by atoms with Crippen LogP contribution >= 0.6 is 0 Å². The van der Waals surface area contributed by atoms with E-state index in [0.29, 0.717) is 0 Å². The largest absolute Gasteiger partial charge is 0.493 e. The van der Waals surface area contributed by atoms with Gasteiger partial charge in [-0.2, -0.15) is 0 Å². The van der Waals surface area contributed by atoms with Gasteiger partial charge in [-0.3, -0.25) is 0 Å². The predicted octanol–water partition coefficient (Wildman–Crippen LogP) is 3.52. The second-order valence-corrected chi connectivity index (χ2v) is 3.58. The van der Waals surface area contributed by atoms with Crippen LogP contribution in [0.5, 0.6) is 11.5 Å². The van der Waals surface area contributed by atoms with E-state index in [1.165, 1.54) is 0 Å². The van der Waals surface area contributed by atoms with Crippen molar-refractivity contribution in [2.75, 3.05) is 7.11 Å². The zero-order valence-corrected chi connectivity index (χ0v) is 9.78. The van der Waals surface area contributed by atoms with Crippen molar-refractivity contribution in [1.29, 1.82) is 0 Å². The van der Waals surface area contributed by atoms with Crippen LogP contribution in [0.2, 0.25) is 0 Å². The third-order valence-corrected chi connectivity index (χ3v) is 1.91. The van der Waals surface area contributed by atoms with Crippen LogP contribution in [0.15, 0.2) is 24.3 Å². The van der Waals surface area contributed by atoms with E-state index in [2.05, 4.69) is 0 Å². The van der Waals surface area contributed by atoms with Crippen molar-refractivity contribution in [3.63, 3.8) is 0 Å². The molecule has 0 spiro atoms. The zero-order chi connectivity index (χ0) is 11.3. The number of allylic oxidation sites excluding steroid dienone is 1. The summed E-state index contributed by atoms with van der Waals surface area (Å²) < 4.78 is 10.9. The number of methoxy groups -OCH3 is 1. The first kappa shape index (κ1) is 11.6. The second kappa shape index (κ2) is 5.44. The fourth-order valence-electron chi connectivity index (χ4n) is 1.33. The standard InChI is InChI=1S/C13H18O2/c1-5-6-11-7-8-12(15-10(2)3)13(9-11)14-4/h5-10H,1-4H3. The van der Waals surface area contributed by atoms with Crippen LogP contribution in [0.4, 0.5) is 0 Å². The second-order valence-electron chi connectivity index (χ2n) is 3.58. The third-order valence-electron chi connectivity index (χ3n) is 1.91. The molecule has 2 heteroatoms. The van der Waals surface area contributed by atoms with Gasteiger partial charge in [-0.1, -0.05) is 18.2 Å². The lowest BCUT2D eigenvalue weighted by molar-refractivity contribution is 0.230. The highest BCUT2D eigenvalue weighted by atomic mass is 16.5. The van der Waals surface area contributed by atoms with Crippen molar-refractivity contribution < 1.29 is 9.47 Å². The van der Waals surface area contributed by atoms with Crippen LogP contribution < -0.4 is 9.47 Å². The molecule has 0 fully saturated rings. The fraction of sp³-hybridized carbons (Fsp3) is 0.385. The van der Waals surface area contributed by atoms with E-state index in [9.17, 15) is 0 Å². The number of rotatable bonds is 4. The highest BCUT2D eigenvalue weighted by molar-refractivity contribution is 5.55. The smallest absolute Gasteiger partial charge is 0.161 e. The Bertz CT molecular complexity index is 340. The molecule has 1 aromatic rings. The molecule has 1 rings (SSSR count). The maximum atomic E-state index is 5.62. The minimum atomic E-state index is 0.159. The first-order chi connectivity index (χ1) is 7.17. The summed E-state index contributed by atoms with van der Waals surface area (Å²) in [4.78, 5) is 0. The summed E-state index contributed by atoms with van der Waals surface area (Å²) in [7, 11) is 1.65. The van der Waals surface area contributed by atoms with Crippen LogP contribution in [0.1, 0.15) is 26.3 Å². The van der Waals surface area contributed by atoms with Gasteiger partial charge >= 0.3 is 0 Å². The SMILES string of the molecule is CC=Cc1ccc(OC(C)C)c(OC)c1. The van der Waals surface area contributed by atoms with Crippen molar-refractivity contribution in [2.24, 2.45) is 0 Å². The van der Waals surface area contributed by atoms with E-state index in [0.717, 1.165) is 17.1 Å². The Hall–Kier alpha value is -1.44. The van der Waals surface area contributed by atoms with Crippen molar-refractivity contribution in [1.82, 2.24) is 0 Å². The van der Waals surface area contributed by atoms with E-state index in [4.69, 9.17) is 9.47 Å². The molecule has 0 atom stereocenters. The first-order valence-corrected chi connectivity index (χ1v) is 5.14. The molecule has 0 heterocycles. The predicted molar refractivity (Wildman–Crippen MR) is 63.5 cm³/mol. The highest BCUT2D eigenvalue weighted by Crippen LogP contribution is 2.29. The van der Waals surface area contributed by atoms with Gasteiger partial charge in [0.1, 0.15) is 0 Å². The summed E-state index contributed by atoms with van der Waals surface area (Å²) in [6.45, 7) is 5.99. The molecule has 82 valence electrons. The molecule has 0 amide bonds. The molecule has 0 N–H and O–H groups in total. The van der Waals surface area contributed by atoms with Crippen LogP contribution in [-0.2, 0) is 0 Å². The molecule has 0 saturated carbocycles. The van der Waals surface area contributed by atoms with E-state index in [1.54, 1.807) is 7.11 Å². The van der Waals surface area contributed by atoms with Crippen LogP contribution in [0.3, 0.4) is 0 Å². The molecule has 0 radical (unpaired) electrons. The average Bonchev–Trinajstić information content (AvgIpc) is 2.20. The Labute approximate surface area is 91.5 Å². The molecule has 0 aromatic heterocycles. The summed E-state index contributed by atoms with van der Waals surface area (Å²) in [6, 6.07) is 5.92. The van der Waals surface area contributed by atoms with Gasteiger partial charge in [0, 0.05) is 0 Å². The minimum absolute atomic E-state index is 0.159. The number of ether oxygens (including phenoxy) is 2. The molecule has 0 aliphatic rings. The van der Waals surface area contributed by atoms with Crippen LogP contribution in [0.25, 0.3) is 6.08 Å². The van der Waals surface area contributed by atoms with Crippen molar-refractivity contribution in [3.05, 3.63) is 29.8 Å². The van der Waals surface area contributed by atoms with Crippen LogP contribution in [0, 0.1) is 0 Å². The lowest BCUT2D eigenvalue weighted by atomic mass is 10.2. The average molecular weight is 206 g/mol. The topological polar surface area (TPSA) is 18.5 Å². The first-order valence-electron chi connectivity index (χ1n) is 5.14. The summed E-state index contributed by atoms with van der Waals surface area (Å²) in [5.74, 6) is 1.57. The van der Waals surface area contributed by atoms with E-state index in [1.807, 2.05) is 51.1 Å². The van der Waals surface area contributed by atoms with Crippen molar-refractivity contribution >= 4 is 6.08 Å². The monoisotopic (exact) mass is 206 g/mol. The molecular weight excluding hydrogens is 188 g/mol. The lowest BCUT2D eigenvalue weighted by Gasteiger charge is -2.13. The molecule has 2 nitrogen and oxygen atoms in total.